The van der Waals surface area contributed by atoms with Gasteiger partial charge in [-0.1, -0.05) is 0 Å². The van der Waals surface area contributed by atoms with E-state index in [1.165, 1.54) is 0 Å². The van der Waals surface area contributed by atoms with Gasteiger partial charge in [-0.3, -0.25) is 0 Å². The van der Waals surface area contributed by atoms with Crippen molar-refractivity contribution in [3.8, 4) is 0 Å². The molecule has 0 rings (SSSR count). The van der Waals surface area contributed by atoms with E-state index in [0.29, 0.717) is 0 Å². The zero-order chi connectivity index (χ0) is 3.58. The molecule has 0 aliphatic rings. The summed E-state index contributed by atoms with van der Waals surface area (Å²) in [5.74, 6) is 0. The van der Waals surface area contributed by atoms with E-state index in [9.17, 15) is 0 Å². The zero-order valence-electron chi connectivity index (χ0n) is 1.63. The Kier molecular flexibility index (Phi) is 3.70. The second kappa shape index (κ2) is 2.70. The van der Waals surface area contributed by atoms with Crippen molar-refractivity contribution in [2.45, 2.75) is 0 Å². The second-order valence-corrected chi connectivity index (χ2v) is 14.2. The molecule has 0 unspecified atom stereocenters. The van der Waals surface area contributed by atoms with Gasteiger partial charge in [-0.2, -0.15) is 0 Å². The monoisotopic (exact) mass is 224 g/mol. The fourth-order valence-electron chi connectivity index (χ4n) is 0. The van der Waals surface area contributed by atoms with Gasteiger partial charge in [-0.15, -0.1) is 0 Å². The fourth-order valence-corrected chi connectivity index (χ4v) is 0. The van der Waals surface area contributed by atoms with Crippen LogP contribution in [0.25, 0.3) is 0 Å². The Bertz CT molecular complexity index is 73.4. The zero-order valence-corrected chi connectivity index (χ0v) is 6.69. The Labute approximate surface area is 42.9 Å². The molecule has 0 aromatic rings. The number of hydrogen-bond donors (Lipinski definition) is 0. The van der Waals surface area contributed by atoms with Crippen molar-refractivity contribution >= 4 is 43.0 Å². The first-order chi connectivity index (χ1) is 1.73. The summed E-state index contributed by atoms with van der Waals surface area (Å²) in [5, 5.41) is 0. The van der Waals surface area contributed by atoms with Crippen LogP contribution >= 0.6 is 21.1 Å². The molecule has 0 heterocycles. The third-order valence-corrected chi connectivity index (χ3v) is 0. The predicted octanol–water partition coefficient (Wildman–Crippen LogP) is 0.535. The molecule has 0 N–H and O–H groups in total. The molecular formula is S2Se2. The molecule has 0 saturated carbocycles. The van der Waals surface area contributed by atoms with E-state index in [1.54, 1.807) is 0 Å². The Morgan fingerprint density at radius 2 is 1.50 bits per heavy atom. The summed E-state index contributed by atoms with van der Waals surface area (Å²) >= 11 is 2.66. The van der Waals surface area contributed by atoms with Gasteiger partial charge < -0.3 is 0 Å². The molecule has 0 aliphatic heterocycles. The van der Waals surface area contributed by atoms with Crippen molar-refractivity contribution < 1.29 is 0 Å². The van der Waals surface area contributed by atoms with Crippen molar-refractivity contribution in [1.82, 2.24) is 0 Å². The molecule has 0 saturated heterocycles. The van der Waals surface area contributed by atoms with Crippen molar-refractivity contribution in [3.05, 3.63) is 0 Å². The predicted molar refractivity (Wildman–Crippen MR) is 26.7 cm³/mol. The molecule has 0 aliphatic carbocycles. The van der Waals surface area contributed by atoms with Gasteiger partial charge >= 0.3 is 43.0 Å². The van der Waals surface area contributed by atoms with Crippen LogP contribution in [0.3, 0.4) is 0 Å². The Hall–Kier alpha value is 1.48. The van der Waals surface area contributed by atoms with E-state index in [1.807, 2.05) is 0 Å². The molecule has 0 radical (unpaired) electrons. The standard InChI is InChI=1S/S2Se2/c1-4(2)3. The first kappa shape index (κ1) is 5.48. The van der Waals surface area contributed by atoms with Gasteiger partial charge in [-0.25, -0.2) is 0 Å². The molecule has 0 fully saturated rings. The van der Waals surface area contributed by atoms with Gasteiger partial charge in [0.15, 0.2) is 0 Å². The Morgan fingerprint density at radius 3 is 1.50 bits per heavy atom. The summed E-state index contributed by atoms with van der Waals surface area (Å²) in [5.41, 5.74) is 0. The van der Waals surface area contributed by atoms with Gasteiger partial charge in [-0.05, 0) is 0 Å². The average molecular weight is 222 g/mol. The minimum absolute atomic E-state index is 1.000. The molecule has 0 bridgehead atoms. The van der Waals surface area contributed by atoms with E-state index in [4.69, 9.17) is 0 Å². The first-order valence-electron chi connectivity index (χ1n) is 0.500. The van der Waals surface area contributed by atoms with Crippen LogP contribution in [0.2, 0.25) is 0 Å². The molecule has 4 heteroatoms. The van der Waals surface area contributed by atoms with Crippen LogP contribution in [-0.2, 0) is 0 Å². The molecule has 0 spiro atoms. The van der Waals surface area contributed by atoms with Crippen LogP contribution in [0.15, 0.2) is 0 Å². The van der Waals surface area contributed by atoms with Crippen LogP contribution in [0.1, 0.15) is 0 Å². The number of hydrogen-bond acceptors (Lipinski definition) is 2. The maximum atomic E-state index is 4.50. The Morgan fingerprint density at radius 1 is 1.50 bits per heavy atom. The summed E-state index contributed by atoms with van der Waals surface area (Å²) in [6.45, 7) is 0. The topological polar surface area (TPSA) is 0 Å². The van der Waals surface area contributed by atoms with Gasteiger partial charge in [0.1, 0.15) is 0 Å². The van der Waals surface area contributed by atoms with Crippen LogP contribution in [0.4, 0.5) is 0 Å². The molecule has 0 aromatic carbocycles. The molecule has 0 nitrogen and oxygen atoms in total. The quantitative estimate of drug-likeness (QED) is 0.548. The van der Waals surface area contributed by atoms with Crippen LogP contribution in [0.5, 0.6) is 0 Å². The van der Waals surface area contributed by atoms with Gasteiger partial charge in [0.25, 0.3) is 0 Å². The summed E-state index contributed by atoms with van der Waals surface area (Å²) in [7, 11) is 8.01. The fraction of sp³-hybridized carbons (Fsp3) is 0. The molecule has 0 aromatic heterocycles. The van der Waals surface area contributed by atoms with E-state index in [-0.39, 0.29) is 0 Å². The van der Waals surface area contributed by atoms with Crippen molar-refractivity contribution in [3.63, 3.8) is 0 Å². The Balaban J connectivity index is 4.65. The van der Waals surface area contributed by atoms with Crippen molar-refractivity contribution in [1.29, 1.82) is 0 Å². The third kappa shape index (κ3) is 9.77. The maximum absolute atomic E-state index is 4.50. The third-order valence-electron chi connectivity index (χ3n) is 0. The van der Waals surface area contributed by atoms with Crippen LogP contribution in [-0.4, -0.2) is 21.9 Å². The van der Waals surface area contributed by atoms with Crippen LogP contribution in [0, 0.1) is 0 Å². The first-order valence-corrected chi connectivity index (χ1v) is 9.70. The molecular weight excluding hydrogens is 222 g/mol. The van der Waals surface area contributed by atoms with E-state index < -0.39 is 8.28 Å². The van der Waals surface area contributed by atoms with Crippen molar-refractivity contribution in [2.75, 3.05) is 0 Å². The van der Waals surface area contributed by atoms with Gasteiger partial charge in [0.2, 0.25) is 0 Å². The van der Waals surface area contributed by atoms with E-state index in [2.05, 4.69) is 34.8 Å². The van der Waals surface area contributed by atoms with Gasteiger partial charge in [0, 0.05) is 0 Å². The molecule has 0 atom stereocenters. The SMILES string of the molecule is S=[Se](=S)=[Se]. The molecule has 4 heavy (non-hydrogen) atoms. The molecule has 24 valence electrons. The van der Waals surface area contributed by atoms with Crippen LogP contribution < -0.4 is 0 Å². The second-order valence-electron chi connectivity index (χ2n) is 0.204. The summed E-state index contributed by atoms with van der Waals surface area (Å²) in [4.78, 5) is 0. The summed E-state index contributed by atoms with van der Waals surface area (Å²) in [6.07, 6.45) is 0. The normalized spacial score (nSPS) is 6.00. The van der Waals surface area contributed by atoms with Crippen molar-refractivity contribution in [2.24, 2.45) is 0 Å². The average Bonchev–Trinajstić information content (AvgIpc) is 0.811. The summed E-state index contributed by atoms with van der Waals surface area (Å²) < 4.78 is 0. The number of rotatable bonds is 0. The molecule has 0 amide bonds. The van der Waals surface area contributed by atoms with E-state index in [0.717, 1.165) is 0 Å². The summed E-state index contributed by atoms with van der Waals surface area (Å²) in [6, 6.07) is 0. The minimum atomic E-state index is -1.000. The van der Waals surface area contributed by atoms with Gasteiger partial charge in [0.05, 0.1) is 0 Å². The van der Waals surface area contributed by atoms with E-state index >= 15 is 0 Å².